The topological polar surface area (TPSA) is 80.4 Å². The van der Waals surface area contributed by atoms with E-state index in [1.807, 2.05) is 20.8 Å². The molecule has 0 fully saturated rings. The predicted molar refractivity (Wildman–Crippen MR) is 88.9 cm³/mol. The maximum atomic E-state index is 11.3. The van der Waals surface area contributed by atoms with Gasteiger partial charge in [0.1, 0.15) is 6.29 Å². The number of nitrogens with zero attached hydrogens (tertiary/aromatic N) is 1. The minimum Gasteiger partial charge on any atom is -0.502 e. The molecule has 0 atom stereocenters. The summed E-state index contributed by atoms with van der Waals surface area (Å²) in [5.74, 6) is -0.294. The van der Waals surface area contributed by atoms with Gasteiger partial charge in [0.15, 0.2) is 5.75 Å². The second-order valence-corrected chi connectivity index (χ2v) is 6.13. The van der Waals surface area contributed by atoms with Crippen LogP contribution in [0.25, 0.3) is 11.1 Å². The molecule has 0 unspecified atom stereocenters. The highest BCUT2D eigenvalue weighted by Gasteiger charge is 2.28. The molecule has 0 heterocycles. The van der Waals surface area contributed by atoms with Gasteiger partial charge in [-0.2, -0.15) is 0 Å². The number of phenolic OH excluding ortho intramolecular Hbond substituents is 1. The first-order valence-electron chi connectivity index (χ1n) is 7.37. The summed E-state index contributed by atoms with van der Waals surface area (Å²) in [5.41, 5.74) is 1.60. The Labute approximate surface area is 134 Å². The Morgan fingerprint density at radius 3 is 2.48 bits per heavy atom. The van der Waals surface area contributed by atoms with E-state index in [4.69, 9.17) is 0 Å². The molecule has 1 N–H and O–H groups in total. The number of nitro groups is 1. The third-order valence-electron chi connectivity index (χ3n) is 4.26. The number of carbonyl (C=O) groups is 1. The molecule has 2 aromatic carbocycles. The van der Waals surface area contributed by atoms with Crippen LogP contribution in [-0.2, 0) is 5.41 Å². The van der Waals surface area contributed by atoms with Gasteiger partial charge < -0.3 is 5.11 Å². The fourth-order valence-electron chi connectivity index (χ4n) is 2.42. The van der Waals surface area contributed by atoms with Gasteiger partial charge >= 0.3 is 5.69 Å². The second kappa shape index (κ2) is 6.20. The number of hydrogen-bond acceptors (Lipinski definition) is 4. The van der Waals surface area contributed by atoms with Crippen molar-refractivity contribution in [2.45, 2.75) is 32.6 Å². The first-order chi connectivity index (χ1) is 10.8. The highest BCUT2D eigenvalue weighted by atomic mass is 16.6. The molecule has 0 aliphatic rings. The molecular formula is C18H19NO4. The average Bonchev–Trinajstić information content (AvgIpc) is 2.54. The van der Waals surface area contributed by atoms with E-state index in [0.29, 0.717) is 22.3 Å². The lowest BCUT2D eigenvalue weighted by molar-refractivity contribution is -0.385. The molecule has 0 radical (unpaired) electrons. The Morgan fingerprint density at radius 2 is 1.91 bits per heavy atom. The van der Waals surface area contributed by atoms with Crippen LogP contribution in [-0.4, -0.2) is 16.3 Å². The minimum atomic E-state index is -0.586. The van der Waals surface area contributed by atoms with E-state index >= 15 is 0 Å². The number of hydrogen-bond donors (Lipinski definition) is 1. The normalized spacial score (nSPS) is 11.3. The van der Waals surface area contributed by atoms with Crippen molar-refractivity contribution in [1.29, 1.82) is 0 Å². The predicted octanol–water partition coefficient (Wildman–Crippen LogP) is 4.47. The maximum Gasteiger partial charge on any atom is 0.311 e. The van der Waals surface area contributed by atoms with Crippen LogP contribution in [0.3, 0.4) is 0 Å². The number of benzene rings is 2. The SMILES string of the molecule is CCC(C)(C)c1cc(-c2cccc(C=O)c2)cc([N+](=O)[O-])c1O. The Bertz CT molecular complexity index is 766. The highest BCUT2D eigenvalue weighted by molar-refractivity contribution is 5.80. The number of nitro benzene ring substituents is 1. The quantitative estimate of drug-likeness (QED) is 0.502. The third-order valence-corrected chi connectivity index (χ3v) is 4.26. The van der Waals surface area contributed by atoms with Crippen molar-refractivity contribution in [1.82, 2.24) is 0 Å². The molecule has 23 heavy (non-hydrogen) atoms. The standard InChI is InChI=1S/C18H19NO4/c1-4-18(2,3)15-9-14(10-16(17(15)21)19(22)23)13-7-5-6-12(8-13)11-20/h5-11,21H,4H2,1-3H3. The molecule has 5 heteroatoms. The van der Waals surface area contributed by atoms with Gasteiger partial charge in [-0.3, -0.25) is 14.9 Å². The summed E-state index contributed by atoms with van der Waals surface area (Å²) in [6.45, 7) is 5.82. The number of aromatic hydroxyl groups is 1. The van der Waals surface area contributed by atoms with Crippen molar-refractivity contribution in [3.05, 3.63) is 57.6 Å². The molecule has 0 amide bonds. The Hall–Kier alpha value is -2.69. The van der Waals surface area contributed by atoms with Gasteiger partial charge in [0.2, 0.25) is 0 Å². The summed E-state index contributed by atoms with van der Waals surface area (Å²) in [4.78, 5) is 21.6. The molecule has 0 saturated carbocycles. The van der Waals surface area contributed by atoms with Crippen LogP contribution in [0.2, 0.25) is 0 Å². The summed E-state index contributed by atoms with van der Waals surface area (Å²) >= 11 is 0. The molecule has 2 rings (SSSR count). The van der Waals surface area contributed by atoms with Gasteiger partial charge in [-0.05, 0) is 35.1 Å². The van der Waals surface area contributed by atoms with Gasteiger partial charge in [0, 0.05) is 17.2 Å². The van der Waals surface area contributed by atoms with E-state index in [-0.39, 0.29) is 11.4 Å². The van der Waals surface area contributed by atoms with Crippen LogP contribution in [0, 0.1) is 10.1 Å². The number of phenols is 1. The van der Waals surface area contributed by atoms with Crippen molar-refractivity contribution >= 4 is 12.0 Å². The highest BCUT2D eigenvalue weighted by Crippen LogP contribution is 2.42. The van der Waals surface area contributed by atoms with E-state index in [2.05, 4.69) is 0 Å². The molecule has 0 aliphatic carbocycles. The summed E-state index contributed by atoms with van der Waals surface area (Å²) in [6, 6.07) is 9.95. The zero-order chi connectivity index (χ0) is 17.2. The molecule has 5 nitrogen and oxygen atoms in total. The maximum absolute atomic E-state index is 11.3. The molecule has 0 aliphatic heterocycles. The van der Waals surface area contributed by atoms with Crippen molar-refractivity contribution in [2.75, 3.05) is 0 Å². The molecule has 0 spiro atoms. The second-order valence-electron chi connectivity index (χ2n) is 6.13. The van der Waals surface area contributed by atoms with Gasteiger partial charge in [-0.25, -0.2) is 0 Å². The van der Waals surface area contributed by atoms with Crippen molar-refractivity contribution in [3.63, 3.8) is 0 Å². The van der Waals surface area contributed by atoms with Crippen LogP contribution in [0.1, 0.15) is 43.1 Å². The lowest BCUT2D eigenvalue weighted by atomic mass is 9.80. The van der Waals surface area contributed by atoms with Crippen LogP contribution >= 0.6 is 0 Å². The molecule has 120 valence electrons. The van der Waals surface area contributed by atoms with Crippen molar-refractivity contribution in [3.8, 4) is 16.9 Å². The molecule has 0 bridgehead atoms. The Morgan fingerprint density at radius 1 is 1.22 bits per heavy atom. The lowest BCUT2D eigenvalue weighted by Crippen LogP contribution is -2.16. The summed E-state index contributed by atoms with van der Waals surface area (Å²) in [5, 5.41) is 21.6. The number of rotatable bonds is 5. The third kappa shape index (κ3) is 3.23. The van der Waals surface area contributed by atoms with E-state index in [9.17, 15) is 20.0 Å². The first kappa shape index (κ1) is 16.7. The van der Waals surface area contributed by atoms with E-state index in [0.717, 1.165) is 12.7 Å². The molecular weight excluding hydrogens is 294 g/mol. The van der Waals surface area contributed by atoms with E-state index in [1.165, 1.54) is 6.07 Å². The van der Waals surface area contributed by atoms with E-state index < -0.39 is 10.3 Å². The average molecular weight is 313 g/mol. The van der Waals surface area contributed by atoms with Crippen LogP contribution < -0.4 is 0 Å². The van der Waals surface area contributed by atoms with Gasteiger partial charge in [0.05, 0.1) is 4.92 Å². The van der Waals surface area contributed by atoms with E-state index in [1.54, 1.807) is 30.3 Å². The smallest absolute Gasteiger partial charge is 0.311 e. The Kier molecular flexibility index (Phi) is 4.50. The van der Waals surface area contributed by atoms with Gasteiger partial charge in [0.25, 0.3) is 0 Å². The fraction of sp³-hybridized carbons (Fsp3) is 0.278. The van der Waals surface area contributed by atoms with Crippen molar-refractivity contribution in [2.24, 2.45) is 0 Å². The number of aldehydes is 1. The molecule has 0 aromatic heterocycles. The summed E-state index contributed by atoms with van der Waals surface area (Å²) in [7, 11) is 0. The fourth-order valence-corrected chi connectivity index (χ4v) is 2.42. The number of carbonyl (C=O) groups excluding carboxylic acids is 1. The van der Waals surface area contributed by atoms with Crippen molar-refractivity contribution < 1.29 is 14.8 Å². The monoisotopic (exact) mass is 313 g/mol. The zero-order valence-corrected chi connectivity index (χ0v) is 13.4. The summed E-state index contributed by atoms with van der Waals surface area (Å²) < 4.78 is 0. The lowest BCUT2D eigenvalue weighted by Gasteiger charge is -2.25. The van der Waals surface area contributed by atoms with Crippen LogP contribution in [0.15, 0.2) is 36.4 Å². The molecule has 0 saturated heterocycles. The zero-order valence-electron chi connectivity index (χ0n) is 13.4. The van der Waals surface area contributed by atoms with Crippen LogP contribution in [0.4, 0.5) is 5.69 Å². The Balaban J connectivity index is 2.74. The van der Waals surface area contributed by atoms with Gasteiger partial charge in [-0.15, -0.1) is 0 Å². The largest absolute Gasteiger partial charge is 0.502 e. The van der Waals surface area contributed by atoms with Crippen LogP contribution in [0.5, 0.6) is 5.75 Å². The summed E-state index contributed by atoms with van der Waals surface area (Å²) in [6.07, 6.45) is 1.45. The molecule has 2 aromatic rings. The first-order valence-corrected chi connectivity index (χ1v) is 7.37. The minimum absolute atomic E-state index is 0.294. The van der Waals surface area contributed by atoms with Gasteiger partial charge in [-0.1, -0.05) is 39.0 Å².